The van der Waals surface area contributed by atoms with Gasteiger partial charge in [-0.2, -0.15) is 0 Å². The molecule has 3 rings (SSSR count). The molecule has 5 nitrogen and oxygen atoms in total. The van der Waals surface area contributed by atoms with Crippen LogP contribution in [-0.2, 0) is 0 Å². The van der Waals surface area contributed by atoms with Crippen molar-refractivity contribution in [2.45, 2.75) is 0 Å². The Morgan fingerprint density at radius 3 is 2.65 bits per heavy atom. The van der Waals surface area contributed by atoms with Crippen LogP contribution in [0.1, 0.15) is 0 Å². The Hall–Kier alpha value is -2.56. The molecule has 3 N–H and O–H groups in total. The van der Waals surface area contributed by atoms with E-state index < -0.39 is 0 Å². The maximum atomic E-state index is 9.25. The second kappa shape index (κ2) is 3.48. The van der Waals surface area contributed by atoms with Crippen molar-refractivity contribution in [2.75, 3.05) is 5.73 Å². The highest BCUT2D eigenvalue weighted by atomic mass is 16.3. The SMILES string of the molecule is Nc1nccn2c(-c3ccc(O)cc3)ncc12. The Balaban J connectivity index is 2.24. The van der Waals surface area contributed by atoms with E-state index in [-0.39, 0.29) is 5.75 Å². The first-order chi connectivity index (χ1) is 8.25. The number of nitrogen functional groups attached to an aromatic ring is 1. The third kappa shape index (κ3) is 1.48. The lowest BCUT2D eigenvalue weighted by atomic mass is 10.2. The molecule has 0 spiro atoms. The number of aromatic nitrogens is 3. The van der Waals surface area contributed by atoms with Crippen LogP contribution in [0, 0.1) is 0 Å². The monoisotopic (exact) mass is 226 g/mol. The Labute approximate surface area is 97.2 Å². The lowest BCUT2D eigenvalue weighted by Crippen LogP contribution is -1.95. The van der Waals surface area contributed by atoms with Gasteiger partial charge in [-0.25, -0.2) is 9.97 Å². The second-order valence-electron chi connectivity index (χ2n) is 3.70. The number of hydrogen-bond acceptors (Lipinski definition) is 4. The maximum Gasteiger partial charge on any atom is 0.149 e. The zero-order valence-corrected chi connectivity index (χ0v) is 8.91. The fraction of sp³-hybridized carbons (Fsp3) is 0. The van der Waals surface area contributed by atoms with Crippen LogP contribution in [0.25, 0.3) is 16.9 Å². The molecule has 0 aliphatic rings. The van der Waals surface area contributed by atoms with E-state index in [2.05, 4.69) is 9.97 Å². The smallest absolute Gasteiger partial charge is 0.149 e. The number of nitrogens with two attached hydrogens (primary N) is 1. The van der Waals surface area contributed by atoms with E-state index in [1.165, 1.54) is 0 Å². The molecule has 0 bridgehead atoms. The standard InChI is InChI=1S/C12H10N4O/c13-11-10-7-15-12(16(10)6-5-14-11)8-1-3-9(17)4-2-8/h1-7,17H,(H2,13,14). The average molecular weight is 226 g/mol. The van der Waals surface area contributed by atoms with Gasteiger partial charge < -0.3 is 10.8 Å². The summed E-state index contributed by atoms with van der Waals surface area (Å²) in [6, 6.07) is 6.86. The molecular weight excluding hydrogens is 216 g/mol. The number of anilines is 1. The maximum absolute atomic E-state index is 9.25. The van der Waals surface area contributed by atoms with Gasteiger partial charge in [-0.15, -0.1) is 0 Å². The average Bonchev–Trinajstić information content (AvgIpc) is 2.75. The Morgan fingerprint density at radius 1 is 1.12 bits per heavy atom. The van der Waals surface area contributed by atoms with Crippen LogP contribution in [0.2, 0.25) is 0 Å². The van der Waals surface area contributed by atoms with Gasteiger partial charge in [-0.05, 0) is 24.3 Å². The van der Waals surface area contributed by atoms with E-state index >= 15 is 0 Å². The zero-order valence-electron chi connectivity index (χ0n) is 8.91. The largest absolute Gasteiger partial charge is 0.508 e. The van der Waals surface area contributed by atoms with Gasteiger partial charge in [0, 0.05) is 18.0 Å². The number of rotatable bonds is 1. The third-order valence-electron chi connectivity index (χ3n) is 2.61. The summed E-state index contributed by atoms with van der Waals surface area (Å²) in [5, 5.41) is 9.25. The van der Waals surface area contributed by atoms with Crippen LogP contribution in [0.15, 0.2) is 42.9 Å². The molecule has 0 fully saturated rings. The van der Waals surface area contributed by atoms with Gasteiger partial charge in [-0.1, -0.05) is 0 Å². The molecule has 0 aliphatic heterocycles. The van der Waals surface area contributed by atoms with E-state index in [1.54, 1.807) is 42.9 Å². The summed E-state index contributed by atoms with van der Waals surface area (Å²) in [4.78, 5) is 8.32. The molecule has 17 heavy (non-hydrogen) atoms. The first-order valence-corrected chi connectivity index (χ1v) is 5.12. The van der Waals surface area contributed by atoms with Gasteiger partial charge in [0.15, 0.2) is 0 Å². The molecule has 0 saturated heterocycles. The van der Waals surface area contributed by atoms with Crippen LogP contribution in [-0.4, -0.2) is 19.5 Å². The van der Waals surface area contributed by atoms with Gasteiger partial charge in [0.2, 0.25) is 0 Å². The number of imidazole rings is 1. The van der Waals surface area contributed by atoms with Crippen molar-refractivity contribution in [3.05, 3.63) is 42.9 Å². The van der Waals surface area contributed by atoms with Gasteiger partial charge >= 0.3 is 0 Å². The molecule has 0 unspecified atom stereocenters. The number of fused-ring (bicyclic) bond motifs is 1. The fourth-order valence-electron chi connectivity index (χ4n) is 1.77. The summed E-state index contributed by atoms with van der Waals surface area (Å²) in [6.07, 6.45) is 5.12. The Bertz CT molecular complexity index is 673. The predicted octanol–water partition coefficient (Wildman–Crippen LogP) is 1.68. The molecule has 0 atom stereocenters. The number of nitrogens with zero attached hydrogens (tertiary/aromatic N) is 3. The summed E-state index contributed by atoms with van der Waals surface area (Å²) in [5.74, 6) is 1.45. The second-order valence-corrected chi connectivity index (χ2v) is 3.70. The third-order valence-corrected chi connectivity index (χ3v) is 2.61. The van der Waals surface area contributed by atoms with Crippen molar-refractivity contribution >= 4 is 11.3 Å². The van der Waals surface area contributed by atoms with Crippen LogP contribution < -0.4 is 5.73 Å². The van der Waals surface area contributed by atoms with Crippen molar-refractivity contribution in [3.63, 3.8) is 0 Å². The lowest BCUT2D eigenvalue weighted by Gasteiger charge is -2.02. The first kappa shape index (κ1) is 9.65. The summed E-state index contributed by atoms with van der Waals surface area (Å²) in [5.41, 5.74) is 7.44. The van der Waals surface area contributed by atoms with Crippen LogP contribution >= 0.6 is 0 Å². The van der Waals surface area contributed by atoms with E-state index in [4.69, 9.17) is 5.73 Å². The van der Waals surface area contributed by atoms with E-state index in [9.17, 15) is 5.11 Å². The Kier molecular flexibility index (Phi) is 1.98. The van der Waals surface area contributed by atoms with Gasteiger partial charge in [0.1, 0.15) is 22.9 Å². The van der Waals surface area contributed by atoms with Crippen molar-refractivity contribution in [3.8, 4) is 17.1 Å². The van der Waals surface area contributed by atoms with Crippen molar-refractivity contribution in [2.24, 2.45) is 0 Å². The minimum atomic E-state index is 0.232. The van der Waals surface area contributed by atoms with E-state index in [0.717, 1.165) is 16.9 Å². The molecule has 2 aromatic heterocycles. The molecule has 84 valence electrons. The van der Waals surface area contributed by atoms with Gasteiger partial charge in [-0.3, -0.25) is 4.40 Å². The van der Waals surface area contributed by atoms with Crippen molar-refractivity contribution < 1.29 is 5.11 Å². The molecule has 2 heterocycles. The van der Waals surface area contributed by atoms with Gasteiger partial charge in [0.25, 0.3) is 0 Å². The normalized spacial score (nSPS) is 10.8. The van der Waals surface area contributed by atoms with E-state index in [1.807, 2.05) is 4.40 Å². The molecule has 3 aromatic rings. The fourth-order valence-corrected chi connectivity index (χ4v) is 1.77. The summed E-state index contributed by atoms with van der Waals surface area (Å²) in [7, 11) is 0. The highest BCUT2D eigenvalue weighted by molar-refractivity contribution is 5.70. The quantitative estimate of drug-likeness (QED) is 0.662. The van der Waals surface area contributed by atoms with Crippen LogP contribution in [0.5, 0.6) is 5.75 Å². The first-order valence-electron chi connectivity index (χ1n) is 5.12. The molecule has 0 amide bonds. The Morgan fingerprint density at radius 2 is 1.88 bits per heavy atom. The molecule has 0 radical (unpaired) electrons. The molecular formula is C12H10N4O. The number of phenols is 1. The minimum Gasteiger partial charge on any atom is -0.508 e. The van der Waals surface area contributed by atoms with Crippen molar-refractivity contribution in [1.29, 1.82) is 0 Å². The van der Waals surface area contributed by atoms with E-state index in [0.29, 0.717) is 5.82 Å². The number of hydrogen-bond donors (Lipinski definition) is 2. The predicted molar refractivity (Wildman–Crippen MR) is 64.5 cm³/mol. The van der Waals surface area contributed by atoms with Crippen LogP contribution in [0.4, 0.5) is 5.82 Å². The number of phenolic OH excluding ortho intramolecular Hbond substituents is 1. The number of aromatic hydroxyl groups is 1. The molecule has 0 aliphatic carbocycles. The highest BCUT2D eigenvalue weighted by Crippen LogP contribution is 2.23. The zero-order chi connectivity index (χ0) is 11.8. The summed E-state index contributed by atoms with van der Waals surface area (Å²) >= 11 is 0. The van der Waals surface area contributed by atoms with Crippen LogP contribution in [0.3, 0.4) is 0 Å². The summed E-state index contributed by atoms with van der Waals surface area (Å²) < 4.78 is 1.87. The summed E-state index contributed by atoms with van der Waals surface area (Å²) in [6.45, 7) is 0. The lowest BCUT2D eigenvalue weighted by molar-refractivity contribution is 0.475. The number of benzene rings is 1. The van der Waals surface area contributed by atoms with Crippen molar-refractivity contribution in [1.82, 2.24) is 14.4 Å². The van der Waals surface area contributed by atoms with Gasteiger partial charge in [0.05, 0.1) is 6.20 Å². The molecule has 5 heteroatoms. The minimum absolute atomic E-state index is 0.232. The highest BCUT2D eigenvalue weighted by Gasteiger charge is 2.08. The molecule has 0 saturated carbocycles. The topological polar surface area (TPSA) is 76.4 Å². The molecule has 1 aromatic carbocycles.